The number of ether oxygens (including phenoxy) is 1. The maximum Gasteiger partial charge on any atom is 0.321 e. The highest BCUT2D eigenvalue weighted by atomic mass is 16.5. The first kappa shape index (κ1) is 21.2. The summed E-state index contributed by atoms with van der Waals surface area (Å²) in [5.74, 6) is 1.23. The van der Waals surface area contributed by atoms with Crippen molar-refractivity contribution in [3.05, 3.63) is 47.9 Å². The highest BCUT2D eigenvalue weighted by Crippen LogP contribution is 2.15. The summed E-state index contributed by atoms with van der Waals surface area (Å²) in [5, 5.41) is 12.9. The van der Waals surface area contributed by atoms with Crippen LogP contribution in [0.2, 0.25) is 0 Å². The number of carbonyl (C=O) groups excluding carboxylic acids is 1. The van der Waals surface area contributed by atoms with Crippen LogP contribution in [0.3, 0.4) is 0 Å². The third kappa shape index (κ3) is 6.82. The molecule has 30 heavy (non-hydrogen) atoms. The third-order valence-electron chi connectivity index (χ3n) is 3.99. The molecular weight excluding hydrogens is 384 g/mol. The summed E-state index contributed by atoms with van der Waals surface area (Å²) in [6, 6.07) is 11.3. The van der Waals surface area contributed by atoms with Gasteiger partial charge in [0.2, 0.25) is 11.9 Å². The van der Waals surface area contributed by atoms with E-state index in [1.165, 1.54) is 0 Å². The second kappa shape index (κ2) is 10.3. The van der Waals surface area contributed by atoms with Crippen LogP contribution in [-0.2, 0) is 11.2 Å². The van der Waals surface area contributed by atoms with Crippen LogP contribution in [0.15, 0.2) is 36.4 Å². The molecule has 3 rings (SSSR count). The summed E-state index contributed by atoms with van der Waals surface area (Å²) in [6.07, 6.45) is 1.04. The predicted molar refractivity (Wildman–Crippen MR) is 114 cm³/mol. The minimum Gasteiger partial charge on any atom is -0.463 e. The Morgan fingerprint density at radius 1 is 1.17 bits per heavy atom. The summed E-state index contributed by atoms with van der Waals surface area (Å²) in [5.41, 5.74) is 1.41. The maximum atomic E-state index is 12.2. The van der Waals surface area contributed by atoms with Gasteiger partial charge in [0.15, 0.2) is 5.82 Å². The van der Waals surface area contributed by atoms with Crippen molar-refractivity contribution in [1.82, 2.24) is 30.0 Å². The second-order valence-electron chi connectivity index (χ2n) is 6.99. The van der Waals surface area contributed by atoms with Crippen LogP contribution in [0.4, 0.5) is 17.5 Å². The van der Waals surface area contributed by atoms with Crippen molar-refractivity contribution in [3.8, 4) is 6.01 Å². The predicted octanol–water partition coefficient (Wildman–Crippen LogP) is 2.16. The van der Waals surface area contributed by atoms with Gasteiger partial charge in [0.05, 0.1) is 13.0 Å². The van der Waals surface area contributed by atoms with E-state index in [0.717, 1.165) is 18.7 Å². The van der Waals surface area contributed by atoms with E-state index in [9.17, 15) is 4.79 Å². The number of benzene rings is 1. The van der Waals surface area contributed by atoms with Crippen molar-refractivity contribution in [2.45, 2.75) is 19.8 Å². The maximum absolute atomic E-state index is 12.2. The first-order chi connectivity index (χ1) is 14.5. The second-order valence-corrected chi connectivity index (χ2v) is 6.99. The van der Waals surface area contributed by atoms with Crippen LogP contribution in [-0.4, -0.2) is 63.2 Å². The third-order valence-corrected chi connectivity index (χ3v) is 3.99. The highest BCUT2D eigenvalue weighted by Gasteiger charge is 2.10. The number of aryl methyl sites for hydroxylation is 1. The normalized spacial score (nSPS) is 10.8. The van der Waals surface area contributed by atoms with E-state index in [0.29, 0.717) is 29.9 Å². The zero-order valence-electron chi connectivity index (χ0n) is 17.3. The van der Waals surface area contributed by atoms with Gasteiger partial charge in [-0.25, -0.2) is 0 Å². The molecule has 0 aliphatic heterocycles. The molecule has 0 fully saturated rings. The Kier molecular flexibility index (Phi) is 7.28. The van der Waals surface area contributed by atoms with Crippen molar-refractivity contribution in [2.75, 3.05) is 37.9 Å². The molecule has 158 valence electrons. The molecule has 0 aliphatic rings. The van der Waals surface area contributed by atoms with Crippen molar-refractivity contribution < 1.29 is 9.53 Å². The topological polar surface area (TPSA) is 121 Å². The van der Waals surface area contributed by atoms with E-state index < -0.39 is 0 Å². The molecule has 0 saturated heterocycles. The Balaban J connectivity index is 1.55. The zero-order chi connectivity index (χ0) is 21.3. The molecule has 3 N–H and O–H groups in total. The van der Waals surface area contributed by atoms with Gasteiger partial charge < -0.3 is 20.3 Å². The monoisotopic (exact) mass is 410 g/mol. The average Bonchev–Trinajstić information content (AvgIpc) is 3.12. The summed E-state index contributed by atoms with van der Waals surface area (Å²) < 4.78 is 5.62. The highest BCUT2D eigenvalue weighted by molar-refractivity contribution is 5.92. The van der Waals surface area contributed by atoms with E-state index in [1.54, 1.807) is 13.0 Å². The number of rotatable bonds is 10. The van der Waals surface area contributed by atoms with Crippen molar-refractivity contribution in [3.63, 3.8) is 0 Å². The largest absolute Gasteiger partial charge is 0.463 e. The molecule has 0 unspecified atom stereocenters. The molecule has 0 bridgehead atoms. The molecule has 0 radical (unpaired) electrons. The standard InChI is InChI=1S/C20H26N8O2/c1-14-21-19(25-20(22-14)30-11-7-10-28(2)3)24-17-12-16(26-27-17)13-18(29)23-15-8-5-4-6-9-15/h4-6,8-9,12H,7,10-11,13H2,1-3H3,(H,23,29)(H2,21,22,24,25,26,27). The molecule has 3 aromatic rings. The fraction of sp³-hybridized carbons (Fsp3) is 0.350. The molecule has 0 saturated carbocycles. The van der Waals surface area contributed by atoms with Crippen molar-refractivity contribution in [1.29, 1.82) is 0 Å². The van der Waals surface area contributed by atoms with Crippen LogP contribution >= 0.6 is 0 Å². The Morgan fingerprint density at radius 2 is 1.97 bits per heavy atom. The number of anilines is 3. The van der Waals surface area contributed by atoms with Crippen LogP contribution in [0.25, 0.3) is 0 Å². The molecule has 0 spiro atoms. The van der Waals surface area contributed by atoms with E-state index in [2.05, 4.69) is 40.7 Å². The quantitative estimate of drug-likeness (QED) is 0.435. The first-order valence-corrected chi connectivity index (χ1v) is 9.64. The van der Waals surface area contributed by atoms with Crippen molar-refractivity contribution >= 4 is 23.4 Å². The van der Waals surface area contributed by atoms with E-state index >= 15 is 0 Å². The van der Waals surface area contributed by atoms with Gasteiger partial charge in [-0.3, -0.25) is 9.89 Å². The minimum atomic E-state index is -0.138. The first-order valence-electron chi connectivity index (χ1n) is 9.64. The number of aromatic nitrogens is 5. The summed E-state index contributed by atoms with van der Waals surface area (Å²) >= 11 is 0. The molecule has 1 amide bonds. The smallest absolute Gasteiger partial charge is 0.321 e. The Bertz CT molecular complexity index is 958. The number of nitrogens with one attached hydrogen (secondary N) is 3. The SMILES string of the molecule is Cc1nc(Nc2cc(CC(=O)Nc3ccccc3)[nH]n2)nc(OCCCN(C)C)n1. The van der Waals surface area contributed by atoms with E-state index in [1.807, 2.05) is 44.4 Å². The van der Waals surface area contributed by atoms with Gasteiger partial charge in [-0.2, -0.15) is 20.1 Å². The van der Waals surface area contributed by atoms with Gasteiger partial charge >= 0.3 is 6.01 Å². The number of amides is 1. The summed E-state index contributed by atoms with van der Waals surface area (Å²) in [6.45, 7) is 3.21. The molecular formula is C20H26N8O2. The Labute approximate surface area is 175 Å². The minimum absolute atomic E-state index is 0.138. The number of carbonyl (C=O) groups is 1. The average molecular weight is 410 g/mol. The number of para-hydroxylation sites is 1. The van der Waals surface area contributed by atoms with Gasteiger partial charge in [0.25, 0.3) is 0 Å². The van der Waals surface area contributed by atoms with E-state index in [4.69, 9.17) is 4.74 Å². The number of hydrogen-bond donors (Lipinski definition) is 3. The van der Waals surface area contributed by atoms with Gasteiger partial charge in [-0.1, -0.05) is 18.2 Å². The zero-order valence-corrected chi connectivity index (χ0v) is 17.3. The van der Waals surface area contributed by atoms with Gasteiger partial charge in [-0.15, -0.1) is 0 Å². The molecule has 10 heteroatoms. The van der Waals surface area contributed by atoms with Gasteiger partial charge in [-0.05, 0) is 39.6 Å². The molecule has 10 nitrogen and oxygen atoms in total. The lowest BCUT2D eigenvalue weighted by Crippen LogP contribution is -2.16. The fourth-order valence-corrected chi connectivity index (χ4v) is 2.65. The Hall–Kier alpha value is -3.53. The van der Waals surface area contributed by atoms with Crippen LogP contribution in [0.5, 0.6) is 6.01 Å². The van der Waals surface area contributed by atoms with Crippen LogP contribution in [0.1, 0.15) is 17.9 Å². The van der Waals surface area contributed by atoms with Gasteiger partial charge in [0, 0.05) is 24.0 Å². The molecule has 2 aromatic heterocycles. The molecule has 0 atom stereocenters. The summed E-state index contributed by atoms with van der Waals surface area (Å²) in [7, 11) is 4.02. The lowest BCUT2D eigenvalue weighted by atomic mass is 10.2. The number of aromatic amines is 1. The molecule has 0 aliphatic carbocycles. The lowest BCUT2D eigenvalue weighted by Gasteiger charge is -2.10. The number of H-pyrrole nitrogens is 1. The van der Waals surface area contributed by atoms with E-state index in [-0.39, 0.29) is 18.3 Å². The van der Waals surface area contributed by atoms with Crippen LogP contribution in [0, 0.1) is 6.92 Å². The molecule has 1 aromatic carbocycles. The van der Waals surface area contributed by atoms with Gasteiger partial charge in [0.1, 0.15) is 5.82 Å². The van der Waals surface area contributed by atoms with Crippen molar-refractivity contribution in [2.24, 2.45) is 0 Å². The van der Waals surface area contributed by atoms with Crippen LogP contribution < -0.4 is 15.4 Å². The summed E-state index contributed by atoms with van der Waals surface area (Å²) in [4.78, 5) is 27.0. The number of hydrogen-bond acceptors (Lipinski definition) is 8. The number of nitrogens with zero attached hydrogens (tertiary/aromatic N) is 5. The molecule has 2 heterocycles. The fourth-order valence-electron chi connectivity index (χ4n) is 2.65. The lowest BCUT2D eigenvalue weighted by molar-refractivity contribution is -0.115. The Morgan fingerprint density at radius 3 is 2.73 bits per heavy atom.